The Bertz CT molecular complexity index is 1230. The maximum absolute atomic E-state index is 13.5. The van der Waals surface area contributed by atoms with E-state index in [0.717, 1.165) is 16.7 Å². The molecule has 1 aliphatic rings. The Morgan fingerprint density at radius 3 is 2.61 bits per heavy atom. The van der Waals surface area contributed by atoms with E-state index in [1.807, 2.05) is 0 Å². The zero-order valence-corrected chi connectivity index (χ0v) is 21.1. The molecular formula is C22H29FN3O9P. The monoisotopic (exact) mass is 529 g/mol. The van der Waals surface area contributed by atoms with Crippen LogP contribution in [0, 0.1) is 12.7 Å². The molecule has 2 unspecified atom stereocenters. The summed E-state index contributed by atoms with van der Waals surface area (Å²) in [4.78, 5) is 38.2. The fourth-order valence-electron chi connectivity index (χ4n) is 3.36. The summed E-state index contributed by atoms with van der Waals surface area (Å²) in [6, 6.07) is 3.53. The number of carbonyl (C=O) groups is 1. The molecule has 2 aromatic rings. The van der Waals surface area contributed by atoms with Crippen molar-refractivity contribution in [1.29, 1.82) is 0 Å². The van der Waals surface area contributed by atoms with Gasteiger partial charge in [-0.1, -0.05) is 0 Å². The summed E-state index contributed by atoms with van der Waals surface area (Å²) < 4.78 is 49.7. The number of aliphatic hydroxyl groups excluding tert-OH is 1. The fourth-order valence-corrected chi connectivity index (χ4v) is 4.86. The SMILES string of the molecule is Cc1cn([C@H]2C[C@@H](O)C(COP(=O)(N[C@@H](C)C(=O)OC(C)C)Oc3ccc(F)cc3)O2)c(=O)[nH]c1=O. The summed E-state index contributed by atoms with van der Waals surface area (Å²) in [5, 5.41) is 12.9. The van der Waals surface area contributed by atoms with Crippen LogP contribution >= 0.6 is 7.75 Å². The van der Waals surface area contributed by atoms with Gasteiger partial charge in [0.1, 0.15) is 29.9 Å². The molecule has 36 heavy (non-hydrogen) atoms. The van der Waals surface area contributed by atoms with Crippen molar-refractivity contribution in [2.75, 3.05) is 6.61 Å². The van der Waals surface area contributed by atoms with Crippen LogP contribution in [0.5, 0.6) is 5.75 Å². The van der Waals surface area contributed by atoms with E-state index in [1.165, 1.54) is 32.2 Å². The third-order valence-electron chi connectivity index (χ3n) is 5.17. The maximum atomic E-state index is 13.5. The van der Waals surface area contributed by atoms with Gasteiger partial charge in [-0.25, -0.2) is 13.8 Å². The summed E-state index contributed by atoms with van der Waals surface area (Å²) >= 11 is 0. The molecule has 1 aromatic heterocycles. The number of aryl methyl sites for hydroxylation is 1. The van der Waals surface area contributed by atoms with Crippen molar-refractivity contribution in [2.24, 2.45) is 0 Å². The molecule has 1 fully saturated rings. The van der Waals surface area contributed by atoms with E-state index in [1.54, 1.807) is 13.8 Å². The number of aromatic amines is 1. The Kier molecular flexibility index (Phi) is 8.85. The zero-order valence-electron chi connectivity index (χ0n) is 20.2. The van der Waals surface area contributed by atoms with Gasteiger partial charge in [-0.3, -0.25) is 23.7 Å². The number of rotatable bonds is 10. The Hall–Kier alpha value is -2.83. The lowest BCUT2D eigenvalue weighted by molar-refractivity contribution is -0.149. The van der Waals surface area contributed by atoms with Gasteiger partial charge in [-0.05, 0) is 52.0 Å². The normalized spacial score (nSPS) is 22.2. The largest absolute Gasteiger partial charge is 0.462 e. The molecule has 2 heterocycles. The molecule has 0 saturated carbocycles. The molecule has 5 atom stereocenters. The highest BCUT2D eigenvalue weighted by Gasteiger charge is 2.39. The second-order valence-corrected chi connectivity index (χ2v) is 10.3. The van der Waals surface area contributed by atoms with Gasteiger partial charge in [-0.15, -0.1) is 0 Å². The number of hydrogen-bond donors (Lipinski definition) is 3. The third-order valence-corrected chi connectivity index (χ3v) is 6.81. The predicted molar refractivity (Wildman–Crippen MR) is 125 cm³/mol. The van der Waals surface area contributed by atoms with Crippen LogP contribution in [0.2, 0.25) is 0 Å². The molecule has 14 heteroatoms. The highest BCUT2D eigenvalue weighted by molar-refractivity contribution is 7.52. The van der Waals surface area contributed by atoms with Crippen molar-refractivity contribution in [2.45, 2.75) is 64.7 Å². The second kappa shape index (κ2) is 11.5. The minimum Gasteiger partial charge on any atom is -0.462 e. The van der Waals surface area contributed by atoms with E-state index in [0.29, 0.717) is 0 Å². The van der Waals surface area contributed by atoms with Gasteiger partial charge in [0.15, 0.2) is 0 Å². The van der Waals surface area contributed by atoms with Crippen LogP contribution < -0.4 is 20.9 Å². The van der Waals surface area contributed by atoms with E-state index < -0.39 is 68.0 Å². The fraction of sp³-hybridized carbons (Fsp3) is 0.500. The topological polar surface area (TPSA) is 158 Å². The molecule has 0 bridgehead atoms. The van der Waals surface area contributed by atoms with Crippen LogP contribution in [0.3, 0.4) is 0 Å². The van der Waals surface area contributed by atoms with Crippen molar-refractivity contribution in [3.05, 3.63) is 62.7 Å². The second-order valence-electron chi connectivity index (χ2n) is 8.59. The highest BCUT2D eigenvalue weighted by Crippen LogP contribution is 2.46. The van der Waals surface area contributed by atoms with Gasteiger partial charge in [0.2, 0.25) is 0 Å². The van der Waals surface area contributed by atoms with Crippen molar-refractivity contribution >= 4 is 13.7 Å². The van der Waals surface area contributed by atoms with Gasteiger partial charge in [0.25, 0.3) is 5.56 Å². The highest BCUT2D eigenvalue weighted by atomic mass is 31.2. The van der Waals surface area contributed by atoms with E-state index >= 15 is 0 Å². The first-order valence-corrected chi connectivity index (χ1v) is 12.7. The Balaban J connectivity index is 1.75. The van der Waals surface area contributed by atoms with Crippen LogP contribution in [0.1, 0.15) is 39.0 Å². The minimum atomic E-state index is -4.28. The number of esters is 1. The minimum absolute atomic E-state index is 0.00214. The lowest BCUT2D eigenvalue weighted by atomic mass is 10.2. The Labute approximate surface area is 205 Å². The molecule has 1 aliphatic heterocycles. The van der Waals surface area contributed by atoms with E-state index in [-0.39, 0.29) is 17.7 Å². The Morgan fingerprint density at radius 2 is 1.97 bits per heavy atom. The average Bonchev–Trinajstić information content (AvgIpc) is 3.16. The van der Waals surface area contributed by atoms with Gasteiger partial charge < -0.3 is 19.1 Å². The summed E-state index contributed by atoms with van der Waals surface area (Å²) in [5.74, 6) is -1.25. The number of aromatic nitrogens is 2. The number of nitrogens with one attached hydrogen (secondary N) is 2. The van der Waals surface area contributed by atoms with Crippen molar-refractivity contribution < 1.29 is 37.4 Å². The molecule has 198 valence electrons. The summed E-state index contributed by atoms with van der Waals surface area (Å²) in [6.07, 6.45) is -2.17. The maximum Gasteiger partial charge on any atom is 0.459 e. The molecular weight excluding hydrogens is 500 g/mol. The molecule has 12 nitrogen and oxygen atoms in total. The van der Waals surface area contributed by atoms with Crippen LogP contribution in [0.15, 0.2) is 40.1 Å². The van der Waals surface area contributed by atoms with E-state index in [2.05, 4.69) is 10.1 Å². The molecule has 3 rings (SSSR count). The molecule has 0 radical (unpaired) electrons. The van der Waals surface area contributed by atoms with Crippen LogP contribution in [-0.4, -0.2) is 51.6 Å². The first kappa shape index (κ1) is 27.8. The number of hydrogen-bond acceptors (Lipinski definition) is 9. The number of aliphatic hydroxyl groups is 1. The molecule has 0 spiro atoms. The van der Waals surface area contributed by atoms with Crippen molar-refractivity contribution in [3.8, 4) is 5.75 Å². The summed E-state index contributed by atoms with van der Waals surface area (Å²) in [5.41, 5.74) is -0.977. The van der Waals surface area contributed by atoms with Gasteiger partial charge >= 0.3 is 19.4 Å². The molecule has 0 amide bonds. The van der Waals surface area contributed by atoms with E-state index in [4.69, 9.17) is 18.5 Å². The summed E-state index contributed by atoms with van der Waals surface area (Å²) in [7, 11) is -4.28. The van der Waals surface area contributed by atoms with Crippen LogP contribution in [-0.2, 0) is 23.4 Å². The van der Waals surface area contributed by atoms with Crippen LogP contribution in [0.4, 0.5) is 4.39 Å². The number of nitrogens with zero attached hydrogens (tertiary/aromatic N) is 1. The number of halogens is 1. The van der Waals surface area contributed by atoms with Crippen molar-refractivity contribution in [1.82, 2.24) is 14.6 Å². The summed E-state index contributed by atoms with van der Waals surface area (Å²) in [6.45, 7) is 5.77. The van der Waals surface area contributed by atoms with E-state index in [9.17, 15) is 28.4 Å². The number of H-pyrrole nitrogens is 1. The van der Waals surface area contributed by atoms with Crippen LogP contribution in [0.25, 0.3) is 0 Å². The number of benzene rings is 1. The van der Waals surface area contributed by atoms with Gasteiger partial charge in [0.05, 0.1) is 18.8 Å². The third kappa shape index (κ3) is 7.11. The lowest BCUT2D eigenvalue weighted by Crippen LogP contribution is -2.37. The smallest absolute Gasteiger partial charge is 0.459 e. The number of carbonyl (C=O) groups excluding carboxylic acids is 1. The predicted octanol–water partition coefficient (Wildman–Crippen LogP) is 1.77. The quantitative estimate of drug-likeness (QED) is 0.306. The van der Waals surface area contributed by atoms with Crippen molar-refractivity contribution in [3.63, 3.8) is 0 Å². The van der Waals surface area contributed by atoms with Gasteiger partial charge in [-0.2, -0.15) is 5.09 Å². The standard InChI is InChI=1S/C22H29FN3O9P/c1-12(2)33-21(29)14(4)25-36(31,35-16-7-5-15(23)6-8-16)32-11-18-17(27)9-19(34-18)26-10-13(3)20(28)24-22(26)30/h5-8,10,12,14,17-19,27H,9,11H2,1-4H3,(H,25,31)(H,24,28,30)/t14-,17+,18?,19+,36?/m0/s1. The molecule has 0 aliphatic carbocycles. The Morgan fingerprint density at radius 1 is 1.31 bits per heavy atom. The van der Waals surface area contributed by atoms with Gasteiger partial charge in [0, 0.05) is 18.2 Å². The zero-order chi connectivity index (χ0) is 26.6. The molecule has 1 saturated heterocycles. The molecule has 1 aromatic carbocycles. The number of ether oxygens (including phenoxy) is 2. The average molecular weight is 529 g/mol. The molecule has 3 N–H and O–H groups in total. The first-order chi connectivity index (χ1) is 16.9. The first-order valence-electron chi connectivity index (χ1n) is 11.2. The lowest BCUT2D eigenvalue weighted by Gasteiger charge is -2.25.